The number of aliphatic hydroxyl groups excluding tert-OH is 1. The first-order chi connectivity index (χ1) is 5.27. The normalized spacial score (nSPS) is 24.1. The number of rotatable bonds is 2. The molecule has 0 saturated carbocycles. The van der Waals surface area contributed by atoms with Crippen molar-refractivity contribution in [1.82, 2.24) is 0 Å². The number of methoxy groups -OCH3 is 1. The molecule has 1 atom stereocenters. The number of nitrogens with zero attached hydrogens (tertiary/aromatic N) is 1. The molecule has 1 aliphatic rings. The predicted octanol–water partition coefficient (Wildman–Crippen LogP) is 0.727. The molecule has 0 aromatic rings. The van der Waals surface area contributed by atoms with Crippen molar-refractivity contribution in [2.24, 2.45) is 4.99 Å². The van der Waals surface area contributed by atoms with Crippen LogP contribution in [0.2, 0.25) is 0 Å². The standard InChI is InChI=1S/C7H10BrNO2/c1-11-7-2-5(8)3-9-6(7)4-10/h2,5,10H,3-4H2,1H3. The van der Waals surface area contributed by atoms with Crippen LogP contribution in [0.15, 0.2) is 16.8 Å². The lowest BCUT2D eigenvalue weighted by Crippen LogP contribution is -2.19. The van der Waals surface area contributed by atoms with Gasteiger partial charge in [0.15, 0.2) is 0 Å². The maximum absolute atomic E-state index is 8.81. The van der Waals surface area contributed by atoms with Crippen molar-refractivity contribution in [3.63, 3.8) is 0 Å². The van der Waals surface area contributed by atoms with Gasteiger partial charge in [0.25, 0.3) is 0 Å². The van der Waals surface area contributed by atoms with Crippen LogP contribution in [0.5, 0.6) is 0 Å². The van der Waals surface area contributed by atoms with Crippen LogP contribution in [0.3, 0.4) is 0 Å². The zero-order valence-corrected chi connectivity index (χ0v) is 7.84. The lowest BCUT2D eigenvalue weighted by molar-refractivity contribution is 0.298. The minimum atomic E-state index is -0.0562. The highest BCUT2D eigenvalue weighted by molar-refractivity contribution is 9.09. The molecule has 0 saturated heterocycles. The smallest absolute Gasteiger partial charge is 0.139 e. The third kappa shape index (κ3) is 2.04. The van der Waals surface area contributed by atoms with Gasteiger partial charge in [-0.15, -0.1) is 0 Å². The molecule has 3 nitrogen and oxygen atoms in total. The van der Waals surface area contributed by atoms with E-state index in [1.165, 1.54) is 0 Å². The van der Waals surface area contributed by atoms with Crippen LogP contribution in [0, 0.1) is 0 Å². The van der Waals surface area contributed by atoms with Crippen LogP contribution in [0.25, 0.3) is 0 Å². The largest absolute Gasteiger partial charge is 0.495 e. The Morgan fingerprint density at radius 3 is 3.18 bits per heavy atom. The van der Waals surface area contributed by atoms with E-state index >= 15 is 0 Å². The van der Waals surface area contributed by atoms with Crippen LogP contribution in [-0.2, 0) is 4.74 Å². The molecule has 1 rings (SSSR count). The maximum Gasteiger partial charge on any atom is 0.139 e. The number of aliphatic hydroxyl groups is 1. The fraction of sp³-hybridized carbons (Fsp3) is 0.571. The molecule has 0 bridgehead atoms. The van der Waals surface area contributed by atoms with E-state index in [4.69, 9.17) is 9.84 Å². The van der Waals surface area contributed by atoms with Crippen molar-refractivity contribution in [2.45, 2.75) is 4.83 Å². The number of dihydropyridines is 1. The summed E-state index contributed by atoms with van der Waals surface area (Å²) in [6, 6.07) is 0. The molecule has 1 heterocycles. The molecular formula is C7H10BrNO2. The number of aliphatic imine (C=N–C) groups is 1. The van der Waals surface area contributed by atoms with Crippen LogP contribution in [0.4, 0.5) is 0 Å². The third-order valence-corrected chi connectivity index (χ3v) is 2.00. The second-order valence-corrected chi connectivity index (χ2v) is 3.37. The molecule has 62 valence electrons. The first-order valence-corrected chi connectivity index (χ1v) is 4.24. The Labute approximate surface area is 73.9 Å². The van der Waals surface area contributed by atoms with Crippen molar-refractivity contribution in [1.29, 1.82) is 0 Å². The van der Waals surface area contributed by atoms with Crippen molar-refractivity contribution in [2.75, 3.05) is 20.3 Å². The zero-order chi connectivity index (χ0) is 8.27. The summed E-state index contributed by atoms with van der Waals surface area (Å²) in [5.41, 5.74) is 0.628. The second kappa shape index (κ2) is 3.88. The van der Waals surface area contributed by atoms with Gasteiger partial charge in [0, 0.05) is 0 Å². The quantitative estimate of drug-likeness (QED) is 0.697. The molecule has 0 fully saturated rings. The average molecular weight is 220 g/mol. The Morgan fingerprint density at radius 2 is 2.64 bits per heavy atom. The summed E-state index contributed by atoms with van der Waals surface area (Å²) in [6.45, 7) is 0.613. The van der Waals surface area contributed by atoms with Gasteiger partial charge in [-0.1, -0.05) is 15.9 Å². The van der Waals surface area contributed by atoms with Crippen molar-refractivity contribution >= 4 is 21.6 Å². The van der Waals surface area contributed by atoms with Gasteiger partial charge >= 0.3 is 0 Å². The molecule has 0 aromatic heterocycles. The van der Waals surface area contributed by atoms with Crippen LogP contribution in [-0.4, -0.2) is 35.9 Å². The molecule has 4 heteroatoms. The van der Waals surface area contributed by atoms with Crippen LogP contribution >= 0.6 is 15.9 Å². The predicted molar refractivity (Wildman–Crippen MR) is 47.2 cm³/mol. The number of halogens is 1. The highest BCUT2D eigenvalue weighted by Crippen LogP contribution is 2.13. The molecule has 0 aromatic carbocycles. The van der Waals surface area contributed by atoms with Crippen molar-refractivity contribution in [3.05, 3.63) is 11.8 Å². The van der Waals surface area contributed by atoms with E-state index in [0.29, 0.717) is 18.0 Å². The van der Waals surface area contributed by atoms with Crippen molar-refractivity contribution in [3.8, 4) is 0 Å². The number of alkyl halides is 1. The molecule has 0 spiro atoms. The molecule has 1 aliphatic heterocycles. The Balaban J connectivity index is 2.74. The molecule has 1 N–H and O–H groups in total. The fourth-order valence-corrected chi connectivity index (χ4v) is 1.29. The number of hydrogen-bond donors (Lipinski definition) is 1. The van der Waals surface area contributed by atoms with E-state index in [9.17, 15) is 0 Å². The molecule has 0 amide bonds. The second-order valence-electron chi connectivity index (χ2n) is 2.20. The average Bonchev–Trinajstić information content (AvgIpc) is 2.04. The first-order valence-electron chi connectivity index (χ1n) is 3.32. The van der Waals surface area contributed by atoms with E-state index in [1.54, 1.807) is 7.11 Å². The molecule has 0 aliphatic carbocycles. The minimum Gasteiger partial charge on any atom is -0.495 e. The number of ether oxygens (including phenoxy) is 1. The van der Waals surface area contributed by atoms with E-state index in [2.05, 4.69) is 20.9 Å². The summed E-state index contributed by atoms with van der Waals surface area (Å²) in [6.07, 6.45) is 1.90. The van der Waals surface area contributed by atoms with Gasteiger partial charge in [-0.05, 0) is 6.08 Å². The highest BCUT2D eigenvalue weighted by Gasteiger charge is 2.14. The van der Waals surface area contributed by atoms with Gasteiger partial charge in [-0.2, -0.15) is 0 Å². The van der Waals surface area contributed by atoms with E-state index in [0.717, 1.165) is 0 Å². The topological polar surface area (TPSA) is 41.8 Å². The lowest BCUT2D eigenvalue weighted by Gasteiger charge is -2.14. The summed E-state index contributed by atoms with van der Waals surface area (Å²) >= 11 is 3.38. The highest BCUT2D eigenvalue weighted by atomic mass is 79.9. The molecular weight excluding hydrogens is 210 g/mol. The Hall–Kier alpha value is -0.350. The van der Waals surface area contributed by atoms with E-state index in [-0.39, 0.29) is 11.4 Å². The Morgan fingerprint density at radius 1 is 1.91 bits per heavy atom. The Bertz CT molecular complexity index is 201. The van der Waals surface area contributed by atoms with Crippen molar-refractivity contribution < 1.29 is 9.84 Å². The SMILES string of the molecule is COC1=CC(Br)CN=C1CO. The summed E-state index contributed by atoms with van der Waals surface area (Å²) < 4.78 is 5.01. The van der Waals surface area contributed by atoms with Gasteiger partial charge < -0.3 is 9.84 Å². The minimum absolute atomic E-state index is 0.0562. The number of hydrogen-bond acceptors (Lipinski definition) is 3. The van der Waals surface area contributed by atoms with E-state index in [1.807, 2.05) is 6.08 Å². The van der Waals surface area contributed by atoms with Gasteiger partial charge in [0.2, 0.25) is 0 Å². The fourth-order valence-electron chi connectivity index (χ4n) is 0.902. The monoisotopic (exact) mass is 219 g/mol. The maximum atomic E-state index is 8.81. The molecule has 1 unspecified atom stereocenters. The van der Waals surface area contributed by atoms with Gasteiger partial charge in [0.1, 0.15) is 11.5 Å². The first kappa shape index (κ1) is 8.74. The summed E-state index contributed by atoms with van der Waals surface area (Å²) in [7, 11) is 1.57. The van der Waals surface area contributed by atoms with Gasteiger partial charge in [-0.25, -0.2) is 0 Å². The van der Waals surface area contributed by atoms with Crippen LogP contribution < -0.4 is 0 Å². The third-order valence-electron chi connectivity index (χ3n) is 1.44. The summed E-state index contributed by atoms with van der Waals surface area (Å²) in [4.78, 5) is 4.34. The van der Waals surface area contributed by atoms with Gasteiger partial charge in [-0.3, -0.25) is 4.99 Å². The molecule has 11 heavy (non-hydrogen) atoms. The Kier molecular flexibility index (Phi) is 3.08. The van der Waals surface area contributed by atoms with E-state index < -0.39 is 0 Å². The van der Waals surface area contributed by atoms with Gasteiger partial charge in [0.05, 0.1) is 25.1 Å². The van der Waals surface area contributed by atoms with Crippen LogP contribution in [0.1, 0.15) is 0 Å². The lowest BCUT2D eigenvalue weighted by atomic mass is 10.2. The summed E-state index contributed by atoms with van der Waals surface area (Å²) in [5.74, 6) is 0.667. The zero-order valence-electron chi connectivity index (χ0n) is 6.25. The molecule has 0 radical (unpaired) electrons. The summed E-state index contributed by atoms with van der Waals surface area (Å²) in [5, 5.41) is 8.81.